The summed E-state index contributed by atoms with van der Waals surface area (Å²) in [5.41, 5.74) is 4.07. The topological polar surface area (TPSA) is 29.5 Å². The van der Waals surface area contributed by atoms with E-state index in [-0.39, 0.29) is 5.97 Å². The van der Waals surface area contributed by atoms with Gasteiger partial charge in [-0.05, 0) is 62.8 Å². The molecule has 21 heavy (non-hydrogen) atoms. The van der Waals surface area contributed by atoms with Crippen LogP contribution >= 0.6 is 0 Å². The van der Waals surface area contributed by atoms with Crippen LogP contribution in [0.15, 0.2) is 18.2 Å². The molecule has 0 amide bonds. The van der Waals surface area contributed by atoms with E-state index in [1.54, 1.807) is 0 Å². The molecule has 1 aliphatic rings. The van der Waals surface area contributed by atoms with Crippen molar-refractivity contribution in [2.24, 2.45) is 5.92 Å². The molecule has 1 aromatic carbocycles. The van der Waals surface area contributed by atoms with Crippen LogP contribution in [-0.4, -0.2) is 30.6 Å². The van der Waals surface area contributed by atoms with Crippen molar-refractivity contribution < 1.29 is 9.53 Å². The predicted molar refractivity (Wildman–Crippen MR) is 85.2 cm³/mol. The third-order valence-corrected chi connectivity index (χ3v) is 4.34. The first-order valence-corrected chi connectivity index (χ1v) is 8.02. The van der Waals surface area contributed by atoms with Crippen molar-refractivity contribution in [2.45, 2.75) is 46.6 Å². The average Bonchev–Trinajstić information content (AvgIpc) is 2.43. The van der Waals surface area contributed by atoms with Crippen LogP contribution in [0.5, 0.6) is 0 Å². The molecule has 1 heterocycles. The van der Waals surface area contributed by atoms with Crippen LogP contribution in [0, 0.1) is 19.8 Å². The maximum absolute atomic E-state index is 11.6. The summed E-state index contributed by atoms with van der Waals surface area (Å²) in [6.07, 6.45) is 2.88. The number of carbonyl (C=O) groups is 1. The molecule has 1 unspecified atom stereocenters. The SMILES string of the molecule is CCOC(=O)CC1CCCN(Cc2ccc(C)c(C)c2)C1. The molecular formula is C18H27NO2. The molecule has 0 bridgehead atoms. The molecule has 3 heteroatoms. The van der Waals surface area contributed by atoms with E-state index in [9.17, 15) is 4.79 Å². The molecule has 0 saturated carbocycles. The van der Waals surface area contributed by atoms with E-state index < -0.39 is 0 Å². The summed E-state index contributed by atoms with van der Waals surface area (Å²) in [6.45, 7) is 9.79. The third-order valence-electron chi connectivity index (χ3n) is 4.34. The van der Waals surface area contributed by atoms with Crippen LogP contribution in [0.3, 0.4) is 0 Å². The lowest BCUT2D eigenvalue weighted by molar-refractivity contribution is -0.144. The molecule has 0 radical (unpaired) electrons. The summed E-state index contributed by atoms with van der Waals surface area (Å²) in [6, 6.07) is 6.70. The van der Waals surface area contributed by atoms with Gasteiger partial charge < -0.3 is 4.74 Å². The van der Waals surface area contributed by atoms with E-state index in [0.717, 1.165) is 26.1 Å². The number of likely N-dealkylation sites (tertiary alicyclic amines) is 1. The normalized spacial score (nSPS) is 19.5. The van der Waals surface area contributed by atoms with Gasteiger partial charge in [0.15, 0.2) is 0 Å². The first-order chi connectivity index (χ1) is 10.1. The zero-order valence-corrected chi connectivity index (χ0v) is 13.5. The zero-order chi connectivity index (χ0) is 15.2. The van der Waals surface area contributed by atoms with E-state index in [2.05, 4.69) is 36.9 Å². The number of hydrogen-bond acceptors (Lipinski definition) is 3. The summed E-state index contributed by atoms with van der Waals surface area (Å²) in [4.78, 5) is 14.1. The first kappa shape index (κ1) is 16.0. The lowest BCUT2D eigenvalue weighted by Gasteiger charge is -2.32. The van der Waals surface area contributed by atoms with Crippen LogP contribution in [0.2, 0.25) is 0 Å². The van der Waals surface area contributed by atoms with Gasteiger partial charge in [0.2, 0.25) is 0 Å². The van der Waals surface area contributed by atoms with Crippen molar-refractivity contribution in [3.63, 3.8) is 0 Å². The van der Waals surface area contributed by atoms with Crippen LogP contribution in [0.4, 0.5) is 0 Å². The maximum Gasteiger partial charge on any atom is 0.306 e. The summed E-state index contributed by atoms with van der Waals surface area (Å²) in [5.74, 6) is 0.403. The number of esters is 1. The number of aryl methyl sites for hydroxylation is 2. The molecule has 2 rings (SSSR count). The van der Waals surface area contributed by atoms with Gasteiger partial charge >= 0.3 is 5.97 Å². The van der Waals surface area contributed by atoms with Gasteiger partial charge in [-0.1, -0.05) is 18.2 Å². The number of hydrogen-bond donors (Lipinski definition) is 0. The minimum atomic E-state index is -0.0458. The average molecular weight is 289 g/mol. The molecule has 0 spiro atoms. The minimum absolute atomic E-state index is 0.0458. The molecule has 1 fully saturated rings. The Morgan fingerprint density at radius 3 is 2.86 bits per heavy atom. The van der Waals surface area contributed by atoms with Gasteiger partial charge in [-0.15, -0.1) is 0 Å². The van der Waals surface area contributed by atoms with Crippen molar-refractivity contribution in [3.8, 4) is 0 Å². The van der Waals surface area contributed by atoms with Crippen molar-refractivity contribution >= 4 is 5.97 Å². The number of ether oxygens (including phenoxy) is 1. The molecule has 116 valence electrons. The Bertz CT molecular complexity index is 484. The molecule has 0 aromatic heterocycles. The fourth-order valence-corrected chi connectivity index (χ4v) is 3.08. The standard InChI is InChI=1S/C18H27NO2/c1-4-21-18(20)11-16-6-5-9-19(12-16)13-17-8-7-14(2)15(3)10-17/h7-8,10,16H,4-6,9,11-13H2,1-3H3. The Kier molecular flexibility index (Phi) is 5.80. The summed E-state index contributed by atoms with van der Waals surface area (Å²) < 4.78 is 5.07. The third kappa shape index (κ3) is 4.85. The highest BCUT2D eigenvalue weighted by molar-refractivity contribution is 5.69. The highest BCUT2D eigenvalue weighted by Crippen LogP contribution is 2.22. The second-order valence-electron chi connectivity index (χ2n) is 6.17. The number of carbonyl (C=O) groups excluding carboxylic acids is 1. The zero-order valence-electron chi connectivity index (χ0n) is 13.5. The Hall–Kier alpha value is -1.35. The van der Waals surface area contributed by atoms with Crippen LogP contribution in [-0.2, 0) is 16.1 Å². The van der Waals surface area contributed by atoms with Crippen LogP contribution in [0.25, 0.3) is 0 Å². The molecular weight excluding hydrogens is 262 g/mol. The van der Waals surface area contributed by atoms with Crippen LogP contribution in [0.1, 0.15) is 42.9 Å². The molecule has 1 aliphatic heterocycles. The second kappa shape index (κ2) is 7.60. The Morgan fingerprint density at radius 1 is 1.33 bits per heavy atom. The highest BCUT2D eigenvalue weighted by Gasteiger charge is 2.22. The van der Waals surface area contributed by atoms with Gasteiger partial charge in [0.25, 0.3) is 0 Å². The number of nitrogens with zero attached hydrogens (tertiary/aromatic N) is 1. The fourth-order valence-electron chi connectivity index (χ4n) is 3.08. The first-order valence-electron chi connectivity index (χ1n) is 8.02. The van der Waals surface area contributed by atoms with Gasteiger partial charge in [-0.2, -0.15) is 0 Å². The fraction of sp³-hybridized carbons (Fsp3) is 0.611. The van der Waals surface area contributed by atoms with E-state index in [4.69, 9.17) is 4.74 Å². The van der Waals surface area contributed by atoms with Gasteiger partial charge in [-0.25, -0.2) is 0 Å². The molecule has 1 atom stereocenters. The number of rotatable bonds is 5. The molecule has 0 N–H and O–H groups in total. The minimum Gasteiger partial charge on any atom is -0.466 e. The highest BCUT2D eigenvalue weighted by atomic mass is 16.5. The molecule has 0 aliphatic carbocycles. The largest absolute Gasteiger partial charge is 0.466 e. The van der Waals surface area contributed by atoms with Gasteiger partial charge in [-0.3, -0.25) is 9.69 Å². The van der Waals surface area contributed by atoms with Gasteiger partial charge in [0.05, 0.1) is 6.61 Å². The van der Waals surface area contributed by atoms with Crippen molar-refractivity contribution in [1.82, 2.24) is 4.90 Å². The summed E-state index contributed by atoms with van der Waals surface area (Å²) in [7, 11) is 0. The van der Waals surface area contributed by atoms with E-state index >= 15 is 0 Å². The Balaban J connectivity index is 1.88. The van der Waals surface area contributed by atoms with Crippen LogP contribution < -0.4 is 0 Å². The quantitative estimate of drug-likeness (QED) is 0.777. The van der Waals surface area contributed by atoms with Gasteiger partial charge in [0, 0.05) is 19.5 Å². The van der Waals surface area contributed by atoms with Gasteiger partial charge in [0.1, 0.15) is 0 Å². The van der Waals surface area contributed by atoms with Crippen molar-refractivity contribution in [3.05, 3.63) is 34.9 Å². The maximum atomic E-state index is 11.6. The van der Waals surface area contributed by atoms with Crippen molar-refractivity contribution in [2.75, 3.05) is 19.7 Å². The molecule has 1 saturated heterocycles. The van der Waals surface area contributed by atoms with E-state index in [1.807, 2.05) is 6.92 Å². The predicted octanol–water partition coefficient (Wildman–Crippen LogP) is 3.47. The number of benzene rings is 1. The van der Waals surface area contributed by atoms with E-state index in [0.29, 0.717) is 18.9 Å². The Labute approximate surface area is 128 Å². The smallest absolute Gasteiger partial charge is 0.306 e. The number of piperidine rings is 1. The molecule has 1 aromatic rings. The summed E-state index contributed by atoms with van der Waals surface area (Å²) in [5, 5.41) is 0. The lowest BCUT2D eigenvalue weighted by Crippen LogP contribution is -2.36. The Morgan fingerprint density at radius 2 is 2.14 bits per heavy atom. The monoisotopic (exact) mass is 289 g/mol. The second-order valence-corrected chi connectivity index (χ2v) is 6.17. The van der Waals surface area contributed by atoms with E-state index in [1.165, 1.54) is 23.1 Å². The van der Waals surface area contributed by atoms with Crippen molar-refractivity contribution in [1.29, 1.82) is 0 Å². The summed E-state index contributed by atoms with van der Waals surface area (Å²) >= 11 is 0. The lowest BCUT2D eigenvalue weighted by atomic mass is 9.94. The molecule has 3 nitrogen and oxygen atoms in total.